The van der Waals surface area contributed by atoms with E-state index >= 15 is 0 Å². The van der Waals surface area contributed by atoms with Crippen LogP contribution in [-0.2, 0) is 0 Å². The molecule has 1 aromatic carbocycles. The number of benzene rings is 1. The van der Waals surface area contributed by atoms with Gasteiger partial charge in [0.25, 0.3) is 0 Å². The highest BCUT2D eigenvalue weighted by Crippen LogP contribution is 2.67. The number of hydrogen-bond donors (Lipinski definition) is 2. The topological polar surface area (TPSA) is 50.9 Å². The first-order valence-electron chi connectivity index (χ1n) is 10.5. The van der Waals surface area contributed by atoms with Crippen LogP contribution in [0.5, 0.6) is 0 Å². The van der Waals surface area contributed by atoms with Crippen LogP contribution >= 0.6 is 0 Å². The molecule has 1 aromatic heterocycles. The Morgan fingerprint density at radius 3 is 2.58 bits per heavy atom. The molecule has 4 fully saturated rings. The molecule has 0 saturated heterocycles. The van der Waals surface area contributed by atoms with Gasteiger partial charge >= 0.3 is 0 Å². The smallest absolute Gasteiger partial charge is 0.0703 e. The second-order valence-electron chi connectivity index (χ2n) is 9.59. The molecule has 0 spiro atoms. The van der Waals surface area contributed by atoms with Gasteiger partial charge < -0.3 is 11.1 Å². The lowest BCUT2D eigenvalue weighted by Gasteiger charge is -2.62. The number of fused-ring (bicyclic) bond motifs is 1. The van der Waals surface area contributed by atoms with Gasteiger partial charge in [-0.05, 0) is 105 Å². The van der Waals surface area contributed by atoms with Crippen LogP contribution in [0.3, 0.4) is 0 Å². The molecule has 1 heterocycles. The number of rotatable bonds is 6. The molecule has 6 rings (SSSR count). The standard InChI is InChI=1S/C23H31N3/c24-7-5-22-12-17-10-18(13-22)15-23(14-17,16-22)6-9-25-20-3-4-21-19(11-20)2-1-8-26-21/h1-4,8,11,17-18,25H,5-7,9-10,12-16,24H2. The van der Waals surface area contributed by atoms with Gasteiger partial charge in [0.05, 0.1) is 5.52 Å². The van der Waals surface area contributed by atoms with Gasteiger partial charge in [0.2, 0.25) is 0 Å². The van der Waals surface area contributed by atoms with Crippen molar-refractivity contribution in [3.63, 3.8) is 0 Å². The average molecular weight is 350 g/mol. The maximum absolute atomic E-state index is 6.00. The molecule has 138 valence electrons. The second-order valence-corrected chi connectivity index (χ2v) is 9.59. The third kappa shape index (κ3) is 2.90. The quantitative estimate of drug-likeness (QED) is 0.774. The molecule has 4 saturated carbocycles. The molecule has 3 nitrogen and oxygen atoms in total. The summed E-state index contributed by atoms with van der Waals surface area (Å²) in [5, 5.41) is 4.92. The summed E-state index contributed by atoms with van der Waals surface area (Å²) in [5.74, 6) is 1.96. The number of pyridine rings is 1. The lowest BCUT2D eigenvalue weighted by molar-refractivity contribution is -0.114. The van der Waals surface area contributed by atoms with Crippen molar-refractivity contribution in [2.75, 3.05) is 18.4 Å². The summed E-state index contributed by atoms with van der Waals surface area (Å²) in [6, 6.07) is 10.7. The van der Waals surface area contributed by atoms with Crippen molar-refractivity contribution in [1.82, 2.24) is 4.98 Å². The fraction of sp³-hybridized carbons (Fsp3) is 0.609. The molecule has 0 radical (unpaired) electrons. The lowest BCUT2D eigenvalue weighted by Crippen LogP contribution is -2.52. The number of aromatic nitrogens is 1. The first kappa shape index (κ1) is 16.6. The minimum atomic E-state index is 0.588. The molecular weight excluding hydrogens is 318 g/mol. The van der Waals surface area contributed by atoms with Gasteiger partial charge in [-0.3, -0.25) is 4.98 Å². The van der Waals surface area contributed by atoms with E-state index in [-0.39, 0.29) is 0 Å². The van der Waals surface area contributed by atoms with Gasteiger partial charge in [-0.25, -0.2) is 0 Å². The number of nitrogens with zero attached hydrogens (tertiary/aromatic N) is 1. The first-order chi connectivity index (χ1) is 12.7. The zero-order valence-electron chi connectivity index (χ0n) is 15.7. The normalized spacial score (nSPS) is 35.1. The van der Waals surface area contributed by atoms with Crippen molar-refractivity contribution < 1.29 is 0 Å². The van der Waals surface area contributed by atoms with Gasteiger partial charge in [0, 0.05) is 23.8 Å². The fourth-order valence-electron chi connectivity index (χ4n) is 7.20. The fourth-order valence-corrected chi connectivity index (χ4v) is 7.20. The molecule has 3 N–H and O–H groups in total. The minimum absolute atomic E-state index is 0.588. The molecule has 4 bridgehead atoms. The summed E-state index contributed by atoms with van der Waals surface area (Å²) in [6.07, 6.45) is 13.2. The van der Waals surface area contributed by atoms with Crippen LogP contribution in [0.2, 0.25) is 0 Å². The Bertz CT molecular complexity index is 785. The highest BCUT2D eigenvalue weighted by atomic mass is 14.9. The van der Waals surface area contributed by atoms with E-state index in [0.29, 0.717) is 10.8 Å². The Labute approximate surface area is 156 Å². The van der Waals surface area contributed by atoms with Gasteiger partial charge in [-0.1, -0.05) is 6.07 Å². The van der Waals surface area contributed by atoms with E-state index in [1.165, 1.54) is 62.4 Å². The molecule has 26 heavy (non-hydrogen) atoms. The average Bonchev–Trinajstić information content (AvgIpc) is 2.60. The molecule has 0 aliphatic heterocycles. The van der Waals surface area contributed by atoms with Crippen molar-refractivity contribution in [3.05, 3.63) is 36.5 Å². The molecule has 3 heteroatoms. The van der Waals surface area contributed by atoms with E-state index in [1.54, 1.807) is 0 Å². The Kier molecular flexibility index (Phi) is 3.97. The van der Waals surface area contributed by atoms with Crippen LogP contribution in [0.1, 0.15) is 51.4 Å². The van der Waals surface area contributed by atoms with Crippen LogP contribution in [0.15, 0.2) is 36.5 Å². The minimum Gasteiger partial charge on any atom is -0.385 e. The van der Waals surface area contributed by atoms with Crippen LogP contribution in [0, 0.1) is 22.7 Å². The number of nitrogens with one attached hydrogen (secondary N) is 1. The summed E-state index contributed by atoms with van der Waals surface area (Å²) in [4.78, 5) is 4.42. The van der Waals surface area contributed by atoms with Crippen molar-refractivity contribution in [1.29, 1.82) is 0 Å². The zero-order valence-corrected chi connectivity index (χ0v) is 15.7. The van der Waals surface area contributed by atoms with E-state index in [2.05, 4.69) is 34.6 Å². The van der Waals surface area contributed by atoms with E-state index < -0.39 is 0 Å². The zero-order chi connectivity index (χ0) is 17.6. The summed E-state index contributed by atoms with van der Waals surface area (Å²) in [7, 11) is 0. The number of nitrogens with two attached hydrogens (primary N) is 1. The molecule has 0 amide bonds. The third-order valence-corrected chi connectivity index (χ3v) is 7.57. The lowest BCUT2D eigenvalue weighted by atomic mass is 9.43. The summed E-state index contributed by atoms with van der Waals surface area (Å²) >= 11 is 0. The van der Waals surface area contributed by atoms with Gasteiger partial charge in [0.1, 0.15) is 0 Å². The van der Waals surface area contributed by atoms with Crippen LogP contribution < -0.4 is 11.1 Å². The van der Waals surface area contributed by atoms with Crippen molar-refractivity contribution >= 4 is 16.6 Å². The molecule has 2 aromatic rings. The Morgan fingerprint density at radius 1 is 1.04 bits per heavy atom. The largest absolute Gasteiger partial charge is 0.385 e. The van der Waals surface area contributed by atoms with Gasteiger partial charge in [0.15, 0.2) is 0 Å². The summed E-state index contributed by atoms with van der Waals surface area (Å²) in [6.45, 7) is 1.96. The van der Waals surface area contributed by atoms with E-state index in [9.17, 15) is 0 Å². The van der Waals surface area contributed by atoms with E-state index in [1.807, 2.05) is 12.3 Å². The van der Waals surface area contributed by atoms with Gasteiger partial charge in [-0.2, -0.15) is 0 Å². The number of hydrogen-bond acceptors (Lipinski definition) is 3. The van der Waals surface area contributed by atoms with Crippen LogP contribution in [0.4, 0.5) is 5.69 Å². The monoisotopic (exact) mass is 349 g/mol. The van der Waals surface area contributed by atoms with E-state index in [0.717, 1.165) is 30.4 Å². The third-order valence-electron chi connectivity index (χ3n) is 7.57. The predicted molar refractivity (Wildman–Crippen MR) is 108 cm³/mol. The Hall–Kier alpha value is -1.61. The van der Waals surface area contributed by atoms with Crippen molar-refractivity contribution in [3.8, 4) is 0 Å². The van der Waals surface area contributed by atoms with Crippen molar-refractivity contribution in [2.45, 2.75) is 51.4 Å². The first-order valence-corrected chi connectivity index (χ1v) is 10.5. The molecular formula is C23H31N3. The van der Waals surface area contributed by atoms with Gasteiger partial charge in [-0.15, -0.1) is 0 Å². The Balaban J connectivity index is 1.27. The maximum Gasteiger partial charge on any atom is 0.0703 e. The van der Waals surface area contributed by atoms with Crippen LogP contribution in [-0.4, -0.2) is 18.1 Å². The molecule has 2 unspecified atom stereocenters. The maximum atomic E-state index is 6.00. The van der Waals surface area contributed by atoms with Crippen molar-refractivity contribution in [2.24, 2.45) is 28.4 Å². The predicted octanol–water partition coefficient (Wildman–Crippen LogP) is 4.97. The molecule has 4 aliphatic carbocycles. The SMILES string of the molecule is NCCC12CC3CC(C1)CC(CCNc1ccc4ncccc4c1)(C3)C2. The summed E-state index contributed by atoms with van der Waals surface area (Å²) in [5.41, 5.74) is 9.48. The molecule has 4 aliphatic rings. The van der Waals surface area contributed by atoms with Crippen LogP contribution in [0.25, 0.3) is 10.9 Å². The molecule has 2 atom stereocenters. The highest BCUT2D eigenvalue weighted by molar-refractivity contribution is 5.82. The Morgan fingerprint density at radius 2 is 1.81 bits per heavy atom. The summed E-state index contributed by atoms with van der Waals surface area (Å²) < 4.78 is 0. The van der Waals surface area contributed by atoms with E-state index in [4.69, 9.17) is 5.73 Å². The number of anilines is 1. The second kappa shape index (κ2) is 6.23. The highest BCUT2D eigenvalue weighted by Gasteiger charge is 2.56.